The van der Waals surface area contributed by atoms with Crippen molar-refractivity contribution in [1.29, 1.82) is 0 Å². The van der Waals surface area contributed by atoms with Crippen LogP contribution in [0.4, 0.5) is 0 Å². The molecular weight excluding hydrogens is 330 g/mol. The van der Waals surface area contributed by atoms with E-state index in [-0.39, 0.29) is 0 Å². The Hall–Kier alpha value is -2.49. The van der Waals surface area contributed by atoms with E-state index in [9.17, 15) is 0 Å². The summed E-state index contributed by atoms with van der Waals surface area (Å²) in [5.74, 6) is 0. The van der Waals surface area contributed by atoms with Crippen molar-refractivity contribution in [2.75, 3.05) is 13.1 Å². The SMILES string of the molecule is c1ccc(CN2CCC(NCc3cccc(-c4ccccn4)c3)CC2)cc1. The molecule has 138 valence electrons. The molecule has 0 saturated carbocycles. The number of nitrogens with one attached hydrogen (secondary N) is 1. The fraction of sp³-hybridized carbons (Fsp3) is 0.292. The minimum atomic E-state index is 0.607. The first kappa shape index (κ1) is 17.9. The van der Waals surface area contributed by atoms with Gasteiger partial charge >= 0.3 is 0 Å². The maximum atomic E-state index is 4.46. The Morgan fingerprint density at radius 3 is 2.41 bits per heavy atom. The second-order valence-corrected chi connectivity index (χ2v) is 7.33. The molecule has 0 atom stereocenters. The number of hydrogen-bond donors (Lipinski definition) is 1. The average Bonchev–Trinajstić information content (AvgIpc) is 2.75. The lowest BCUT2D eigenvalue weighted by Crippen LogP contribution is -2.41. The second kappa shape index (κ2) is 8.94. The van der Waals surface area contributed by atoms with Gasteiger partial charge in [0.2, 0.25) is 0 Å². The minimum Gasteiger partial charge on any atom is -0.310 e. The van der Waals surface area contributed by atoms with Crippen LogP contribution in [-0.2, 0) is 13.1 Å². The summed E-state index contributed by atoms with van der Waals surface area (Å²) in [5, 5.41) is 3.75. The summed E-state index contributed by atoms with van der Waals surface area (Å²) >= 11 is 0. The van der Waals surface area contributed by atoms with Gasteiger partial charge in [0.05, 0.1) is 5.69 Å². The molecule has 0 spiro atoms. The number of benzene rings is 2. The third-order valence-corrected chi connectivity index (χ3v) is 5.32. The quantitative estimate of drug-likeness (QED) is 0.704. The van der Waals surface area contributed by atoms with Gasteiger partial charge in [0.25, 0.3) is 0 Å². The van der Waals surface area contributed by atoms with Gasteiger partial charge in [0.15, 0.2) is 0 Å². The molecule has 1 aliphatic heterocycles. The zero-order valence-corrected chi connectivity index (χ0v) is 15.7. The number of piperidine rings is 1. The van der Waals surface area contributed by atoms with E-state index in [0.717, 1.165) is 18.8 Å². The summed E-state index contributed by atoms with van der Waals surface area (Å²) in [6.07, 6.45) is 4.28. The molecule has 1 aromatic heterocycles. The van der Waals surface area contributed by atoms with Crippen molar-refractivity contribution in [3.8, 4) is 11.3 Å². The number of likely N-dealkylation sites (tertiary alicyclic amines) is 1. The standard InChI is InChI=1S/C24H27N3/c1-2-7-20(8-3-1)19-27-15-12-23(13-16-27)26-18-21-9-6-10-22(17-21)24-11-4-5-14-25-24/h1-11,14,17,23,26H,12-13,15-16,18-19H2. The number of hydrogen-bond acceptors (Lipinski definition) is 3. The normalized spacial score (nSPS) is 15.7. The van der Waals surface area contributed by atoms with Gasteiger partial charge in [-0.25, -0.2) is 0 Å². The van der Waals surface area contributed by atoms with Crippen LogP contribution in [0.2, 0.25) is 0 Å². The molecule has 1 fully saturated rings. The van der Waals surface area contributed by atoms with Crippen molar-refractivity contribution < 1.29 is 0 Å². The summed E-state index contributed by atoms with van der Waals surface area (Å²) in [7, 11) is 0. The van der Waals surface area contributed by atoms with Crippen LogP contribution in [0.25, 0.3) is 11.3 Å². The highest BCUT2D eigenvalue weighted by Gasteiger charge is 2.18. The Balaban J connectivity index is 1.27. The van der Waals surface area contributed by atoms with E-state index in [0.29, 0.717) is 6.04 Å². The molecule has 0 bridgehead atoms. The summed E-state index contributed by atoms with van der Waals surface area (Å²) in [6, 6.07) is 26.2. The molecule has 27 heavy (non-hydrogen) atoms. The predicted octanol–water partition coefficient (Wildman–Crippen LogP) is 4.50. The van der Waals surface area contributed by atoms with Crippen molar-refractivity contribution >= 4 is 0 Å². The van der Waals surface area contributed by atoms with Gasteiger partial charge in [-0.15, -0.1) is 0 Å². The summed E-state index contributed by atoms with van der Waals surface area (Å²) in [5.41, 5.74) is 4.96. The molecule has 3 heteroatoms. The van der Waals surface area contributed by atoms with Gasteiger partial charge in [-0.3, -0.25) is 9.88 Å². The van der Waals surface area contributed by atoms with Crippen LogP contribution in [-0.4, -0.2) is 29.0 Å². The van der Waals surface area contributed by atoms with Gasteiger partial charge in [-0.1, -0.05) is 54.6 Å². The highest BCUT2D eigenvalue weighted by Crippen LogP contribution is 2.19. The van der Waals surface area contributed by atoms with Crippen LogP contribution in [0.1, 0.15) is 24.0 Å². The average molecular weight is 358 g/mol. The molecule has 3 nitrogen and oxygen atoms in total. The maximum absolute atomic E-state index is 4.46. The fourth-order valence-electron chi connectivity index (χ4n) is 3.77. The molecule has 1 aliphatic rings. The lowest BCUT2D eigenvalue weighted by molar-refractivity contribution is 0.190. The third kappa shape index (κ3) is 5.03. The molecule has 2 aromatic carbocycles. The fourth-order valence-corrected chi connectivity index (χ4v) is 3.77. The van der Waals surface area contributed by atoms with Crippen LogP contribution in [0.5, 0.6) is 0 Å². The van der Waals surface area contributed by atoms with E-state index < -0.39 is 0 Å². The van der Waals surface area contributed by atoms with Gasteiger partial charge in [-0.2, -0.15) is 0 Å². The minimum absolute atomic E-state index is 0.607. The van der Waals surface area contributed by atoms with E-state index >= 15 is 0 Å². The summed E-state index contributed by atoms with van der Waals surface area (Å²) in [4.78, 5) is 7.02. The summed E-state index contributed by atoms with van der Waals surface area (Å²) < 4.78 is 0. The zero-order chi connectivity index (χ0) is 18.3. The monoisotopic (exact) mass is 357 g/mol. The van der Waals surface area contributed by atoms with Crippen molar-refractivity contribution in [2.24, 2.45) is 0 Å². The van der Waals surface area contributed by atoms with Crippen LogP contribution in [0.15, 0.2) is 79.0 Å². The predicted molar refractivity (Wildman–Crippen MR) is 111 cm³/mol. The van der Waals surface area contributed by atoms with E-state index in [2.05, 4.69) is 75.9 Å². The highest BCUT2D eigenvalue weighted by molar-refractivity contribution is 5.59. The highest BCUT2D eigenvalue weighted by atomic mass is 15.1. The van der Waals surface area contributed by atoms with Crippen molar-refractivity contribution in [2.45, 2.75) is 32.0 Å². The Bertz CT molecular complexity index is 825. The first-order valence-corrected chi connectivity index (χ1v) is 9.87. The van der Waals surface area contributed by atoms with Crippen LogP contribution >= 0.6 is 0 Å². The van der Waals surface area contributed by atoms with Crippen molar-refractivity contribution in [3.05, 3.63) is 90.1 Å². The Morgan fingerprint density at radius 1 is 0.852 bits per heavy atom. The van der Waals surface area contributed by atoms with E-state index in [1.54, 1.807) is 0 Å². The molecule has 1 saturated heterocycles. The topological polar surface area (TPSA) is 28.2 Å². The van der Waals surface area contributed by atoms with Crippen molar-refractivity contribution in [3.63, 3.8) is 0 Å². The van der Waals surface area contributed by atoms with Gasteiger partial charge < -0.3 is 5.32 Å². The molecule has 0 unspecified atom stereocenters. The second-order valence-electron chi connectivity index (χ2n) is 7.33. The Morgan fingerprint density at radius 2 is 1.63 bits per heavy atom. The van der Waals surface area contributed by atoms with Gasteiger partial charge in [0.1, 0.15) is 0 Å². The zero-order valence-electron chi connectivity index (χ0n) is 15.7. The Labute approximate surface area is 162 Å². The number of nitrogens with zero attached hydrogens (tertiary/aromatic N) is 2. The maximum Gasteiger partial charge on any atom is 0.0702 e. The molecule has 0 radical (unpaired) electrons. The number of rotatable bonds is 6. The molecule has 1 N–H and O–H groups in total. The van der Waals surface area contributed by atoms with E-state index in [1.165, 1.54) is 42.6 Å². The molecule has 2 heterocycles. The van der Waals surface area contributed by atoms with Crippen molar-refractivity contribution in [1.82, 2.24) is 15.2 Å². The first-order chi connectivity index (χ1) is 13.4. The largest absolute Gasteiger partial charge is 0.310 e. The summed E-state index contributed by atoms with van der Waals surface area (Å²) in [6.45, 7) is 4.32. The smallest absolute Gasteiger partial charge is 0.0702 e. The Kier molecular flexibility index (Phi) is 5.92. The number of pyridine rings is 1. The van der Waals surface area contributed by atoms with Crippen LogP contribution < -0.4 is 5.32 Å². The van der Waals surface area contributed by atoms with Crippen LogP contribution in [0.3, 0.4) is 0 Å². The van der Waals surface area contributed by atoms with E-state index in [1.807, 2.05) is 18.3 Å². The lowest BCUT2D eigenvalue weighted by Gasteiger charge is -2.32. The lowest BCUT2D eigenvalue weighted by atomic mass is 10.0. The molecule has 0 amide bonds. The van der Waals surface area contributed by atoms with E-state index in [4.69, 9.17) is 0 Å². The molecule has 4 rings (SSSR count). The third-order valence-electron chi connectivity index (χ3n) is 5.32. The number of aromatic nitrogens is 1. The first-order valence-electron chi connectivity index (χ1n) is 9.87. The molecular formula is C24H27N3. The molecule has 0 aliphatic carbocycles. The van der Waals surface area contributed by atoms with Crippen LogP contribution in [0, 0.1) is 0 Å². The van der Waals surface area contributed by atoms with Gasteiger partial charge in [0, 0.05) is 30.9 Å². The van der Waals surface area contributed by atoms with Gasteiger partial charge in [-0.05, 0) is 55.3 Å². The molecule has 3 aromatic rings.